The highest BCUT2D eigenvalue weighted by molar-refractivity contribution is 7.22. The number of methoxy groups -OCH3 is 1. The van der Waals surface area contributed by atoms with Crippen molar-refractivity contribution in [3.63, 3.8) is 0 Å². The molecule has 1 aromatic heterocycles. The van der Waals surface area contributed by atoms with Crippen LogP contribution in [0.5, 0.6) is 11.5 Å². The Kier molecular flexibility index (Phi) is 5.86. The summed E-state index contributed by atoms with van der Waals surface area (Å²) in [6.07, 6.45) is 4.23. The number of hydrogen-bond acceptors (Lipinski definition) is 5. The predicted molar refractivity (Wildman–Crippen MR) is 106 cm³/mol. The average Bonchev–Trinajstić information content (AvgIpc) is 3.06. The number of ether oxygens (including phenoxy) is 2. The SMILES string of the molecule is CCCOc1ccc(/C=C/C(=O)Nc2nc3ccc(OC)cc3s2)cc1. The van der Waals surface area contributed by atoms with Crippen molar-refractivity contribution in [2.24, 2.45) is 0 Å². The minimum Gasteiger partial charge on any atom is -0.497 e. The number of amides is 1. The van der Waals surface area contributed by atoms with E-state index >= 15 is 0 Å². The largest absolute Gasteiger partial charge is 0.497 e. The average molecular weight is 368 g/mol. The molecule has 3 aromatic rings. The highest BCUT2D eigenvalue weighted by atomic mass is 32.1. The maximum atomic E-state index is 12.1. The summed E-state index contributed by atoms with van der Waals surface area (Å²) in [4.78, 5) is 16.5. The lowest BCUT2D eigenvalue weighted by Gasteiger charge is -2.03. The van der Waals surface area contributed by atoms with Gasteiger partial charge in [-0.15, -0.1) is 0 Å². The smallest absolute Gasteiger partial charge is 0.250 e. The molecule has 2 aromatic carbocycles. The number of anilines is 1. The van der Waals surface area contributed by atoms with E-state index in [1.165, 1.54) is 17.4 Å². The van der Waals surface area contributed by atoms with Crippen LogP contribution in [0.1, 0.15) is 18.9 Å². The first-order chi connectivity index (χ1) is 12.7. The summed E-state index contributed by atoms with van der Waals surface area (Å²) in [5, 5.41) is 3.36. The van der Waals surface area contributed by atoms with Gasteiger partial charge in [0.2, 0.25) is 5.91 Å². The molecule has 1 amide bonds. The third-order valence-electron chi connectivity index (χ3n) is 3.61. The minimum atomic E-state index is -0.220. The molecule has 26 heavy (non-hydrogen) atoms. The molecule has 6 heteroatoms. The van der Waals surface area contributed by atoms with E-state index in [2.05, 4.69) is 17.2 Å². The van der Waals surface area contributed by atoms with Crippen LogP contribution in [0.4, 0.5) is 5.13 Å². The van der Waals surface area contributed by atoms with E-state index in [0.29, 0.717) is 11.7 Å². The predicted octanol–water partition coefficient (Wildman–Crippen LogP) is 4.75. The first kappa shape index (κ1) is 17.9. The molecule has 0 saturated heterocycles. The fourth-order valence-corrected chi connectivity index (χ4v) is 3.20. The molecule has 0 bridgehead atoms. The summed E-state index contributed by atoms with van der Waals surface area (Å²) in [5.41, 5.74) is 1.76. The molecule has 0 aliphatic carbocycles. The standard InChI is InChI=1S/C20H20N2O3S/c1-3-12-25-15-7-4-14(5-8-15)6-11-19(23)22-20-21-17-10-9-16(24-2)13-18(17)26-20/h4-11,13H,3,12H2,1-2H3,(H,21,22,23)/b11-6+. The van der Waals surface area contributed by atoms with Crippen LogP contribution < -0.4 is 14.8 Å². The molecule has 0 aliphatic rings. The van der Waals surface area contributed by atoms with Crippen LogP contribution in [0.3, 0.4) is 0 Å². The Morgan fingerprint density at radius 2 is 1.96 bits per heavy atom. The summed E-state index contributed by atoms with van der Waals surface area (Å²) in [5.74, 6) is 1.38. The topological polar surface area (TPSA) is 60.5 Å². The van der Waals surface area contributed by atoms with E-state index in [-0.39, 0.29) is 5.91 Å². The third-order valence-corrected chi connectivity index (χ3v) is 4.54. The lowest BCUT2D eigenvalue weighted by Crippen LogP contribution is -2.07. The van der Waals surface area contributed by atoms with Crippen molar-refractivity contribution in [2.75, 3.05) is 19.0 Å². The number of fused-ring (bicyclic) bond motifs is 1. The van der Waals surface area contributed by atoms with Crippen LogP contribution in [0.2, 0.25) is 0 Å². The van der Waals surface area contributed by atoms with Gasteiger partial charge in [0, 0.05) is 6.08 Å². The molecule has 134 valence electrons. The Balaban J connectivity index is 1.62. The van der Waals surface area contributed by atoms with Gasteiger partial charge in [0.25, 0.3) is 0 Å². The number of rotatable bonds is 7. The molecule has 1 N–H and O–H groups in total. The van der Waals surface area contributed by atoms with Gasteiger partial charge in [0.15, 0.2) is 5.13 Å². The molecule has 5 nitrogen and oxygen atoms in total. The van der Waals surface area contributed by atoms with Crippen molar-refractivity contribution in [2.45, 2.75) is 13.3 Å². The molecular formula is C20H20N2O3S. The highest BCUT2D eigenvalue weighted by Crippen LogP contribution is 2.29. The number of carbonyl (C=O) groups excluding carboxylic acids is 1. The maximum Gasteiger partial charge on any atom is 0.250 e. The highest BCUT2D eigenvalue weighted by Gasteiger charge is 2.07. The van der Waals surface area contributed by atoms with Crippen molar-refractivity contribution in [3.8, 4) is 11.5 Å². The number of nitrogens with zero attached hydrogens (tertiary/aromatic N) is 1. The van der Waals surface area contributed by atoms with Gasteiger partial charge in [-0.25, -0.2) is 4.98 Å². The van der Waals surface area contributed by atoms with Gasteiger partial charge in [-0.05, 0) is 48.4 Å². The Labute approximate surface area is 156 Å². The number of hydrogen-bond donors (Lipinski definition) is 1. The van der Waals surface area contributed by atoms with E-state index in [9.17, 15) is 4.79 Å². The quantitative estimate of drug-likeness (QED) is 0.612. The number of nitrogens with one attached hydrogen (secondary N) is 1. The van der Waals surface area contributed by atoms with Crippen LogP contribution in [-0.2, 0) is 4.79 Å². The summed E-state index contributed by atoms with van der Waals surface area (Å²) < 4.78 is 11.7. The minimum absolute atomic E-state index is 0.220. The number of benzene rings is 2. The molecular weight excluding hydrogens is 348 g/mol. The van der Waals surface area contributed by atoms with Crippen molar-refractivity contribution in [1.82, 2.24) is 4.98 Å². The second-order valence-electron chi connectivity index (χ2n) is 5.59. The first-order valence-electron chi connectivity index (χ1n) is 8.34. The van der Waals surface area contributed by atoms with Crippen molar-refractivity contribution < 1.29 is 14.3 Å². The zero-order chi connectivity index (χ0) is 18.4. The van der Waals surface area contributed by atoms with Crippen molar-refractivity contribution >= 4 is 38.7 Å². The zero-order valence-corrected chi connectivity index (χ0v) is 15.5. The zero-order valence-electron chi connectivity index (χ0n) is 14.7. The second kappa shape index (κ2) is 8.49. The molecule has 0 saturated carbocycles. The Hall–Kier alpha value is -2.86. The Morgan fingerprint density at radius 1 is 1.19 bits per heavy atom. The van der Waals surface area contributed by atoms with Gasteiger partial charge >= 0.3 is 0 Å². The second-order valence-corrected chi connectivity index (χ2v) is 6.62. The van der Waals surface area contributed by atoms with E-state index < -0.39 is 0 Å². The van der Waals surface area contributed by atoms with Crippen molar-refractivity contribution in [1.29, 1.82) is 0 Å². The molecule has 1 heterocycles. The molecule has 0 spiro atoms. The maximum absolute atomic E-state index is 12.1. The number of carbonyl (C=O) groups is 1. The summed E-state index contributed by atoms with van der Waals surface area (Å²) >= 11 is 1.41. The first-order valence-corrected chi connectivity index (χ1v) is 9.16. The third kappa shape index (κ3) is 4.61. The molecule has 0 unspecified atom stereocenters. The summed E-state index contributed by atoms with van der Waals surface area (Å²) in [6, 6.07) is 13.3. The molecule has 0 fully saturated rings. The monoisotopic (exact) mass is 368 g/mol. The summed E-state index contributed by atoms with van der Waals surface area (Å²) in [7, 11) is 1.62. The fourth-order valence-electron chi connectivity index (χ4n) is 2.30. The van der Waals surface area contributed by atoms with Crippen LogP contribution in [0, 0.1) is 0 Å². The lowest BCUT2D eigenvalue weighted by molar-refractivity contribution is -0.111. The van der Waals surface area contributed by atoms with E-state index in [4.69, 9.17) is 9.47 Å². The van der Waals surface area contributed by atoms with E-state index in [1.807, 2.05) is 42.5 Å². The van der Waals surface area contributed by atoms with E-state index in [1.54, 1.807) is 13.2 Å². The van der Waals surface area contributed by atoms with Crippen LogP contribution in [0.25, 0.3) is 16.3 Å². The van der Waals surface area contributed by atoms with Gasteiger partial charge in [0.1, 0.15) is 11.5 Å². The van der Waals surface area contributed by atoms with Crippen LogP contribution >= 0.6 is 11.3 Å². The van der Waals surface area contributed by atoms with Gasteiger partial charge in [0.05, 0.1) is 23.9 Å². The number of aromatic nitrogens is 1. The lowest BCUT2D eigenvalue weighted by atomic mass is 10.2. The normalized spacial score (nSPS) is 11.0. The van der Waals surface area contributed by atoms with Crippen molar-refractivity contribution in [3.05, 3.63) is 54.1 Å². The molecule has 0 atom stereocenters. The van der Waals surface area contributed by atoms with Crippen LogP contribution in [-0.4, -0.2) is 24.6 Å². The van der Waals surface area contributed by atoms with Crippen LogP contribution in [0.15, 0.2) is 48.5 Å². The summed E-state index contributed by atoms with van der Waals surface area (Å²) in [6.45, 7) is 2.77. The molecule has 0 aliphatic heterocycles. The Morgan fingerprint density at radius 3 is 2.69 bits per heavy atom. The Bertz CT molecular complexity index is 916. The number of thiazole rings is 1. The molecule has 3 rings (SSSR count). The van der Waals surface area contributed by atoms with E-state index in [0.717, 1.165) is 33.7 Å². The molecule has 0 radical (unpaired) electrons. The fraction of sp³-hybridized carbons (Fsp3) is 0.200. The van der Waals surface area contributed by atoms with Gasteiger partial charge in [-0.2, -0.15) is 0 Å². The van der Waals surface area contributed by atoms with Gasteiger partial charge in [-0.3, -0.25) is 10.1 Å². The van der Waals surface area contributed by atoms with Gasteiger partial charge < -0.3 is 9.47 Å². The van der Waals surface area contributed by atoms with Gasteiger partial charge in [-0.1, -0.05) is 30.4 Å².